The molecule has 1 nitrogen and oxygen atoms in total. The van der Waals surface area contributed by atoms with Crippen LogP contribution in [-0.4, -0.2) is 4.98 Å². The van der Waals surface area contributed by atoms with Gasteiger partial charge in [-0.1, -0.05) is 38.3 Å². The Hall–Kier alpha value is -1.31. The number of rotatable bonds is 1. The van der Waals surface area contributed by atoms with E-state index in [1.165, 1.54) is 43.7 Å². The molecule has 0 bridgehead atoms. The molecule has 0 radical (unpaired) electrons. The first kappa shape index (κ1) is 10.8. The van der Waals surface area contributed by atoms with E-state index >= 15 is 0 Å². The number of benzene rings is 1. The summed E-state index contributed by atoms with van der Waals surface area (Å²) < 4.78 is 13.7. The molecule has 1 aromatic carbocycles. The van der Waals surface area contributed by atoms with Crippen molar-refractivity contribution in [2.75, 3.05) is 0 Å². The van der Waals surface area contributed by atoms with Gasteiger partial charge >= 0.3 is 0 Å². The number of hydrogen-bond acceptors (Lipinski definition) is 0. The van der Waals surface area contributed by atoms with Crippen molar-refractivity contribution >= 4 is 10.9 Å². The lowest BCUT2D eigenvalue weighted by molar-refractivity contribution is 0.322. The summed E-state index contributed by atoms with van der Waals surface area (Å²) in [5.41, 5.74) is 2.19. The number of hydrogen-bond donors (Lipinski definition) is 1. The van der Waals surface area contributed by atoms with Gasteiger partial charge in [0.25, 0.3) is 0 Å². The molecule has 3 rings (SSSR count). The highest BCUT2D eigenvalue weighted by Gasteiger charge is 2.31. The molecular formula is C15H18FN. The second-order valence-electron chi connectivity index (χ2n) is 5.49. The van der Waals surface area contributed by atoms with Crippen molar-refractivity contribution < 1.29 is 4.39 Å². The van der Waals surface area contributed by atoms with E-state index in [4.69, 9.17) is 0 Å². The van der Waals surface area contributed by atoms with Gasteiger partial charge in [0.05, 0.1) is 5.52 Å². The minimum Gasteiger partial charge on any atom is -0.358 e. The molecule has 17 heavy (non-hydrogen) atoms. The van der Waals surface area contributed by atoms with E-state index in [1.54, 1.807) is 6.07 Å². The summed E-state index contributed by atoms with van der Waals surface area (Å²) in [7, 11) is 0. The highest BCUT2D eigenvalue weighted by molar-refractivity contribution is 5.84. The highest BCUT2D eigenvalue weighted by atomic mass is 19.1. The third-order valence-corrected chi connectivity index (χ3v) is 4.27. The largest absolute Gasteiger partial charge is 0.358 e. The van der Waals surface area contributed by atoms with Crippen LogP contribution in [0.2, 0.25) is 0 Å². The van der Waals surface area contributed by atoms with E-state index in [-0.39, 0.29) is 11.2 Å². The number of aromatic amines is 1. The number of nitrogens with one attached hydrogen (secondary N) is 1. The predicted molar refractivity (Wildman–Crippen MR) is 68.7 cm³/mol. The van der Waals surface area contributed by atoms with Gasteiger partial charge in [0.2, 0.25) is 0 Å². The number of H-pyrrole nitrogens is 1. The molecule has 0 spiro atoms. The molecule has 1 aliphatic rings. The summed E-state index contributed by atoms with van der Waals surface area (Å²) in [6, 6.07) is 5.36. The number of halogens is 1. The van der Waals surface area contributed by atoms with Crippen LogP contribution in [0.4, 0.5) is 4.39 Å². The van der Waals surface area contributed by atoms with E-state index < -0.39 is 0 Å². The first-order valence-electron chi connectivity index (χ1n) is 6.47. The Bertz CT molecular complexity index is 535. The van der Waals surface area contributed by atoms with Gasteiger partial charge in [-0.05, 0) is 29.9 Å². The van der Waals surface area contributed by atoms with Gasteiger partial charge in [0.15, 0.2) is 0 Å². The smallest absolute Gasteiger partial charge is 0.147 e. The molecule has 2 aromatic rings. The highest BCUT2D eigenvalue weighted by Crippen LogP contribution is 2.42. The van der Waals surface area contributed by atoms with Crippen molar-refractivity contribution in [3.05, 3.63) is 35.8 Å². The molecule has 2 heteroatoms. The zero-order valence-corrected chi connectivity index (χ0v) is 10.2. The van der Waals surface area contributed by atoms with Crippen LogP contribution in [-0.2, 0) is 5.41 Å². The monoisotopic (exact) mass is 231 g/mol. The Balaban J connectivity index is 2.14. The predicted octanol–water partition coefficient (Wildman–Crippen LogP) is 4.53. The first-order chi connectivity index (χ1) is 8.21. The quantitative estimate of drug-likeness (QED) is 0.742. The normalized spacial score (nSPS) is 19.6. The van der Waals surface area contributed by atoms with Gasteiger partial charge in [0.1, 0.15) is 5.82 Å². The van der Waals surface area contributed by atoms with Crippen molar-refractivity contribution in [3.8, 4) is 0 Å². The molecule has 0 aliphatic heterocycles. The fourth-order valence-corrected chi connectivity index (χ4v) is 3.22. The molecule has 1 aliphatic carbocycles. The van der Waals surface area contributed by atoms with Crippen LogP contribution in [0.15, 0.2) is 24.4 Å². The molecule has 1 saturated carbocycles. The Morgan fingerprint density at radius 3 is 2.71 bits per heavy atom. The van der Waals surface area contributed by atoms with E-state index in [2.05, 4.69) is 11.9 Å². The Kier molecular flexibility index (Phi) is 2.46. The Morgan fingerprint density at radius 2 is 1.94 bits per heavy atom. The van der Waals surface area contributed by atoms with Crippen LogP contribution in [0.5, 0.6) is 0 Å². The number of para-hydroxylation sites is 1. The van der Waals surface area contributed by atoms with Crippen LogP contribution in [0.25, 0.3) is 10.9 Å². The summed E-state index contributed by atoms with van der Waals surface area (Å²) >= 11 is 0. The molecule has 90 valence electrons. The third-order valence-electron chi connectivity index (χ3n) is 4.27. The summed E-state index contributed by atoms with van der Waals surface area (Å²) in [5, 5.41) is 1.06. The SMILES string of the molecule is CC1(c2c[nH]c3c(F)cccc23)CCCCC1. The topological polar surface area (TPSA) is 15.8 Å². The maximum Gasteiger partial charge on any atom is 0.147 e. The van der Waals surface area contributed by atoms with Crippen LogP contribution < -0.4 is 0 Å². The maximum absolute atomic E-state index is 13.7. The van der Waals surface area contributed by atoms with Gasteiger partial charge in [-0.25, -0.2) is 4.39 Å². The van der Waals surface area contributed by atoms with Crippen LogP contribution >= 0.6 is 0 Å². The zero-order valence-electron chi connectivity index (χ0n) is 10.2. The molecule has 0 saturated heterocycles. The van der Waals surface area contributed by atoms with Crippen molar-refractivity contribution in [3.63, 3.8) is 0 Å². The van der Waals surface area contributed by atoms with E-state index in [1.807, 2.05) is 12.3 Å². The average molecular weight is 231 g/mol. The van der Waals surface area contributed by atoms with Crippen molar-refractivity contribution in [1.29, 1.82) is 0 Å². The standard InChI is InChI=1S/C15H18FN/c1-15(8-3-2-4-9-15)12-10-17-14-11(12)6-5-7-13(14)16/h5-7,10,17H,2-4,8-9H2,1H3. The summed E-state index contributed by atoms with van der Waals surface area (Å²) in [6.07, 6.45) is 8.37. The fraction of sp³-hybridized carbons (Fsp3) is 0.467. The van der Waals surface area contributed by atoms with E-state index in [0.29, 0.717) is 5.52 Å². The minimum absolute atomic E-state index is 0.145. The molecule has 1 aromatic heterocycles. The molecule has 0 atom stereocenters. The van der Waals surface area contributed by atoms with Crippen molar-refractivity contribution in [2.45, 2.75) is 44.4 Å². The van der Waals surface area contributed by atoms with Gasteiger partial charge in [-0.2, -0.15) is 0 Å². The molecule has 0 amide bonds. The zero-order chi connectivity index (χ0) is 11.9. The summed E-state index contributed by atoms with van der Waals surface area (Å²) in [6.45, 7) is 2.32. The second kappa shape index (κ2) is 3.86. The van der Waals surface area contributed by atoms with Crippen molar-refractivity contribution in [2.24, 2.45) is 0 Å². The van der Waals surface area contributed by atoms with Crippen LogP contribution in [0.1, 0.15) is 44.6 Å². The van der Waals surface area contributed by atoms with Crippen LogP contribution in [0.3, 0.4) is 0 Å². The molecule has 1 N–H and O–H groups in total. The number of aromatic nitrogens is 1. The van der Waals surface area contributed by atoms with Crippen LogP contribution in [0, 0.1) is 5.82 Å². The molecule has 1 heterocycles. The van der Waals surface area contributed by atoms with Gasteiger partial charge in [0, 0.05) is 11.6 Å². The lowest BCUT2D eigenvalue weighted by Gasteiger charge is -2.33. The lowest BCUT2D eigenvalue weighted by Crippen LogP contribution is -2.24. The maximum atomic E-state index is 13.7. The lowest BCUT2D eigenvalue weighted by atomic mass is 9.71. The first-order valence-corrected chi connectivity index (χ1v) is 6.47. The third kappa shape index (κ3) is 1.67. The molecule has 1 fully saturated rings. The Labute approximate surface area is 101 Å². The number of fused-ring (bicyclic) bond motifs is 1. The van der Waals surface area contributed by atoms with E-state index in [9.17, 15) is 4.39 Å². The fourth-order valence-electron chi connectivity index (χ4n) is 3.22. The Morgan fingerprint density at radius 1 is 1.18 bits per heavy atom. The second-order valence-corrected chi connectivity index (χ2v) is 5.49. The minimum atomic E-state index is -0.145. The van der Waals surface area contributed by atoms with Crippen molar-refractivity contribution in [1.82, 2.24) is 4.98 Å². The summed E-state index contributed by atoms with van der Waals surface area (Å²) in [4.78, 5) is 3.10. The summed E-state index contributed by atoms with van der Waals surface area (Å²) in [5.74, 6) is -0.145. The molecule has 0 unspecified atom stereocenters. The van der Waals surface area contributed by atoms with Gasteiger partial charge < -0.3 is 4.98 Å². The molecular weight excluding hydrogens is 213 g/mol. The van der Waals surface area contributed by atoms with Gasteiger partial charge in [-0.15, -0.1) is 0 Å². The van der Waals surface area contributed by atoms with Gasteiger partial charge in [-0.3, -0.25) is 0 Å². The average Bonchev–Trinajstić information content (AvgIpc) is 2.76. The van der Waals surface area contributed by atoms with E-state index in [0.717, 1.165) is 5.39 Å².